The van der Waals surface area contributed by atoms with Crippen LogP contribution in [0.3, 0.4) is 0 Å². The van der Waals surface area contributed by atoms with Crippen LogP contribution in [0.2, 0.25) is 0 Å². The minimum Gasteiger partial charge on any atom is -0.368 e. The van der Waals surface area contributed by atoms with Crippen LogP contribution < -0.4 is 15.1 Å². The molecule has 0 bridgehead atoms. The first kappa shape index (κ1) is 19.0. The Bertz CT molecular complexity index is 1000. The summed E-state index contributed by atoms with van der Waals surface area (Å²) in [5.41, 5.74) is 2.16. The van der Waals surface area contributed by atoms with Gasteiger partial charge in [0.15, 0.2) is 11.6 Å². The number of nitrogens with zero attached hydrogens (tertiary/aromatic N) is 4. The number of rotatable bonds is 4. The van der Waals surface area contributed by atoms with E-state index < -0.39 is 11.6 Å². The van der Waals surface area contributed by atoms with Gasteiger partial charge in [-0.15, -0.1) is 0 Å². The van der Waals surface area contributed by atoms with Crippen LogP contribution in [0, 0.1) is 24.4 Å². The molecule has 5 nitrogen and oxygen atoms in total. The molecule has 1 saturated heterocycles. The standard InChI is InChI=1S/C21H20F3N5/c1-14-12-20(26-16-4-7-18(23)19(24)13-16)27-21(25-14)29-10-8-28(9-11-29)17-5-2-15(22)3-6-17/h2-7,12-13H,8-11H2,1H3,(H,25,26,27). The van der Waals surface area contributed by atoms with Gasteiger partial charge < -0.3 is 15.1 Å². The summed E-state index contributed by atoms with van der Waals surface area (Å²) >= 11 is 0. The quantitative estimate of drug-likeness (QED) is 0.710. The van der Waals surface area contributed by atoms with E-state index in [1.807, 2.05) is 6.92 Å². The van der Waals surface area contributed by atoms with Crippen molar-refractivity contribution in [3.63, 3.8) is 0 Å². The van der Waals surface area contributed by atoms with E-state index in [2.05, 4.69) is 25.1 Å². The Labute approximate surface area is 166 Å². The molecule has 0 atom stereocenters. The van der Waals surface area contributed by atoms with Crippen LogP contribution in [-0.4, -0.2) is 36.1 Å². The molecule has 0 saturated carbocycles. The van der Waals surface area contributed by atoms with Gasteiger partial charge in [0.1, 0.15) is 11.6 Å². The van der Waals surface area contributed by atoms with Gasteiger partial charge in [-0.05, 0) is 43.3 Å². The van der Waals surface area contributed by atoms with Gasteiger partial charge in [-0.25, -0.2) is 18.2 Å². The monoisotopic (exact) mass is 399 g/mol. The maximum Gasteiger partial charge on any atom is 0.227 e. The van der Waals surface area contributed by atoms with Gasteiger partial charge in [-0.1, -0.05) is 0 Å². The minimum absolute atomic E-state index is 0.249. The smallest absolute Gasteiger partial charge is 0.227 e. The zero-order valence-corrected chi connectivity index (χ0v) is 15.9. The van der Waals surface area contributed by atoms with Gasteiger partial charge in [0.25, 0.3) is 0 Å². The molecule has 0 spiro atoms. The number of anilines is 4. The Morgan fingerprint density at radius 3 is 2.17 bits per heavy atom. The second-order valence-corrected chi connectivity index (χ2v) is 6.90. The molecule has 1 aliphatic rings. The number of nitrogens with one attached hydrogen (secondary N) is 1. The van der Waals surface area contributed by atoms with Crippen LogP contribution in [0.1, 0.15) is 5.69 Å². The Morgan fingerprint density at radius 2 is 1.48 bits per heavy atom. The molecule has 0 amide bonds. The highest BCUT2D eigenvalue weighted by molar-refractivity contribution is 5.58. The molecule has 29 heavy (non-hydrogen) atoms. The maximum absolute atomic E-state index is 13.4. The topological polar surface area (TPSA) is 44.3 Å². The molecule has 150 valence electrons. The summed E-state index contributed by atoms with van der Waals surface area (Å²) in [5.74, 6) is -0.970. The number of aryl methyl sites for hydroxylation is 1. The van der Waals surface area contributed by atoms with Crippen molar-refractivity contribution in [1.29, 1.82) is 0 Å². The first-order valence-electron chi connectivity index (χ1n) is 9.31. The van der Waals surface area contributed by atoms with E-state index in [-0.39, 0.29) is 5.82 Å². The molecule has 2 heterocycles. The molecule has 1 fully saturated rings. The summed E-state index contributed by atoms with van der Waals surface area (Å²) in [6.45, 7) is 4.80. The molecule has 1 N–H and O–H groups in total. The number of benzene rings is 2. The van der Waals surface area contributed by atoms with Gasteiger partial charge in [-0.2, -0.15) is 4.98 Å². The zero-order valence-electron chi connectivity index (χ0n) is 15.9. The molecule has 3 aromatic rings. The van der Waals surface area contributed by atoms with Gasteiger partial charge >= 0.3 is 0 Å². The zero-order chi connectivity index (χ0) is 20.4. The second kappa shape index (κ2) is 7.98. The molecule has 4 rings (SSSR count). The van der Waals surface area contributed by atoms with E-state index in [1.165, 1.54) is 18.2 Å². The SMILES string of the molecule is Cc1cc(Nc2ccc(F)c(F)c2)nc(N2CCN(c3ccc(F)cc3)CC2)n1. The van der Waals surface area contributed by atoms with E-state index in [4.69, 9.17) is 0 Å². The lowest BCUT2D eigenvalue weighted by Crippen LogP contribution is -2.47. The van der Waals surface area contributed by atoms with Crippen molar-refractivity contribution in [2.45, 2.75) is 6.92 Å². The Hall–Kier alpha value is -3.29. The second-order valence-electron chi connectivity index (χ2n) is 6.90. The van der Waals surface area contributed by atoms with E-state index in [0.717, 1.165) is 36.6 Å². The fraction of sp³-hybridized carbons (Fsp3) is 0.238. The lowest BCUT2D eigenvalue weighted by atomic mass is 10.2. The van der Waals surface area contributed by atoms with E-state index in [1.54, 1.807) is 18.2 Å². The highest BCUT2D eigenvalue weighted by atomic mass is 19.2. The largest absolute Gasteiger partial charge is 0.368 e. The van der Waals surface area contributed by atoms with Crippen molar-refractivity contribution in [1.82, 2.24) is 9.97 Å². The molecule has 0 aliphatic carbocycles. The Balaban J connectivity index is 1.46. The molecule has 8 heteroatoms. The van der Waals surface area contributed by atoms with Crippen LogP contribution in [0.5, 0.6) is 0 Å². The number of piperazine rings is 1. The Kier molecular flexibility index (Phi) is 5.24. The average Bonchev–Trinajstić information content (AvgIpc) is 2.71. The van der Waals surface area contributed by atoms with Gasteiger partial charge in [0.05, 0.1) is 0 Å². The van der Waals surface area contributed by atoms with Crippen LogP contribution in [0.25, 0.3) is 0 Å². The van der Waals surface area contributed by atoms with Crippen molar-refractivity contribution in [3.05, 3.63) is 71.7 Å². The van der Waals surface area contributed by atoms with Gasteiger partial charge in [0, 0.05) is 55.4 Å². The van der Waals surface area contributed by atoms with Crippen LogP contribution >= 0.6 is 0 Å². The van der Waals surface area contributed by atoms with Crippen LogP contribution in [-0.2, 0) is 0 Å². The molecule has 2 aromatic carbocycles. The molecule has 1 aliphatic heterocycles. The van der Waals surface area contributed by atoms with Crippen LogP contribution in [0.15, 0.2) is 48.5 Å². The van der Waals surface area contributed by atoms with Crippen LogP contribution in [0.4, 0.5) is 36.3 Å². The number of hydrogen-bond acceptors (Lipinski definition) is 5. The summed E-state index contributed by atoms with van der Waals surface area (Å²) < 4.78 is 39.7. The normalized spacial score (nSPS) is 14.2. The predicted octanol–water partition coefficient (Wildman–Crippen LogP) is 4.27. The third-order valence-corrected chi connectivity index (χ3v) is 4.79. The number of hydrogen-bond donors (Lipinski definition) is 1. The number of halogens is 3. The molecule has 0 unspecified atom stereocenters. The summed E-state index contributed by atoms with van der Waals surface area (Å²) in [4.78, 5) is 13.3. The van der Waals surface area contributed by atoms with Crippen molar-refractivity contribution in [2.24, 2.45) is 0 Å². The van der Waals surface area contributed by atoms with Gasteiger partial charge in [0.2, 0.25) is 5.95 Å². The highest BCUT2D eigenvalue weighted by Crippen LogP contribution is 2.22. The summed E-state index contributed by atoms with van der Waals surface area (Å²) in [6, 6.07) is 11.8. The summed E-state index contributed by atoms with van der Waals surface area (Å²) in [6.07, 6.45) is 0. The van der Waals surface area contributed by atoms with E-state index in [9.17, 15) is 13.2 Å². The highest BCUT2D eigenvalue weighted by Gasteiger charge is 2.20. The fourth-order valence-corrected chi connectivity index (χ4v) is 3.30. The third kappa shape index (κ3) is 4.42. The fourth-order valence-electron chi connectivity index (χ4n) is 3.30. The summed E-state index contributed by atoms with van der Waals surface area (Å²) in [7, 11) is 0. The summed E-state index contributed by atoms with van der Waals surface area (Å²) in [5, 5.41) is 3.00. The minimum atomic E-state index is -0.919. The molecule has 1 aromatic heterocycles. The maximum atomic E-state index is 13.4. The average molecular weight is 399 g/mol. The first-order valence-corrected chi connectivity index (χ1v) is 9.31. The molecular formula is C21H20F3N5. The van der Waals surface area contributed by atoms with Crippen molar-refractivity contribution >= 4 is 23.1 Å². The number of aromatic nitrogens is 2. The van der Waals surface area contributed by atoms with E-state index >= 15 is 0 Å². The third-order valence-electron chi connectivity index (χ3n) is 4.79. The van der Waals surface area contributed by atoms with E-state index in [0.29, 0.717) is 30.5 Å². The molecule has 0 radical (unpaired) electrons. The molecular weight excluding hydrogens is 379 g/mol. The lowest BCUT2D eigenvalue weighted by Gasteiger charge is -2.36. The predicted molar refractivity (Wildman–Crippen MR) is 107 cm³/mol. The lowest BCUT2D eigenvalue weighted by molar-refractivity contribution is 0.509. The van der Waals surface area contributed by atoms with Crippen molar-refractivity contribution in [3.8, 4) is 0 Å². The van der Waals surface area contributed by atoms with Gasteiger partial charge in [-0.3, -0.25) is 0 Å². The van der Waals surface area contributed by atoms with Crippen molar-refractivity contribution in [2.75, 3.05) is 41.3 Å². The van der Waals surface area contributed by atoms with Crippen molar-refractivity contribution < 1.29 is 13.2 Å². The Morgan fingerprint density at radius 1 is 0.793 bits per heavy atom. The first-order chi connectivity index (χ1) is 14.0.